The van der Waals surface area contributed by atoms with Crippen LogP contribution >= 0.6 is 0 Å². The van der Waals surface area contributed by atoms with E-state index in [2.05, 4.69) is 31.6 Å². The van der Waals surface area contributed by atoms with Crippen molar-refractivity contribution in [3.63, 3.8) is 0 Å². The highest BCUT2D eigenvalue weighted by atomic mass is 19.3. The molecule has 2 N–H and O–H groups in total. The Labute approximate surface area is 151 Å². The fourth-order valence-corrected chi connectivity index (χ4v) is 3.74. The first kappa shape index (κ1) is 17.5. The van der Waals surface area contributed by atoms with Crippen LogP contribution in [0.1, 0.15) is 37.3 Å². The third-order valence-electron chi connectivity index (χ3n) is 5.58. The van der Waals surface area contributed by atoms with E-state index in [0.717, 1.165) is 24.6 Å². The van der Waals surface area contributed by atoms with Crippen LogP contribution in [0.15, 0.2) is 12.4 Å². The highest BCUT2D eigenvalue weighted by Crippen LogP contribution is 2.35. The van der Waals surface area contributed by atoms with Gasteiger partial charge in [0.05, 0.1) is 6.04 Å². The molecule has 9 heteroatoms. The first-order chi connectivity index (χ1) is 12.6. The van der Waals surface area contributed by atoms with Crippen molar-refractivity contribution in [2.75, 3.05) is 31.1 Å². The van der Waals surface area contributed by atoms with Crippen molar-refractivity contribution < 1.29 is 13.6 Å². The number of nitrogens with one attached hydrogen (secondary N) is 2. The molecule has 2 atom stereocenters. The predicted molar refractivity (Wildman–Crippen MR) is 91.9 cm³/mol. The van der Waals surface area contributed by atoms with E-state index in [-0.39, 0.29) is 12.3 Å². The summed E-state index contributed by atoms with van der Waals surface area (Å²) in [7, 11) is 0. The van der Waals surface area contributed by atoms with Gasteiger partial charge < -0.3 is 10.2 Å². The first-order valence-corrected chi connectivity index (χ1v) is 9.24. The summed E-state index contributed by atoms with van der Waals surface area (Å²) < 4.78 is 25.9. The van der Waals surface area contributed by atoms with Crippen LogP contribution in [0.5, 0.6) is 0 Å². The first-order valence-electron chi connectivity index (χ1n) is 9.24. The van der Waals surface area contributed by atoms with Gasteiger partial charge in [-0.1, -0.05) is 6.42 Å². The van der Waals surface area contributed by atoms with Crippen LogP contribution in [0.2, 0.25) is 0 Å². The number of carbonyl (C=O) groups is 1. The minimum absolute atomic E-state index is 0.182. The molecule has 3 heterocycles. The van der Waals surface area contributed by atoms with Crippen LogP contribution in [-0.4, -0.2) is 65.7 Å². The lowest BCUT2D eigenvalue weighted by Gasteiger charge is -2.43. The molecule has 142 valence electrons. The van der Waals surface area contributed by atoms with E-state index < -0.39 is 18.8 Å². The van der Waals surface area contributed by atoms with Crippen molar-refractivity contribution in [3.8, 4) is 0 Å². The van der Waals surface area contributed by atoms with Gasteiger partial charge in [-0.05, 0) is 12.8 Å². The topological polar surface area (TPSA) is 73.4 Å². The Balaban J connectivity index is 1.36. The summed E-state index contributed by atoms with van der Waals surface area (Å²) in [5.41, 5.74) is 1.12. The standard InChI is InChI=1S/C17H24F2N6O/c18-16(19)13-9-15(26)23-17(22-13)25-6-4-24(5-7-25)14-8-12(20-10-21-14)11-2-1-3-11/h8,10-11,13,16-17,22H,1-7,9H2,(H,23,26). The lowest BCUT2D eigenvalue weighted by atomic mass is 9.83. The fourth-order valence-electron chi connectivity index (χ4n) is 3.74. The number of alkyl halides is 2. The summed E-state index contributed by atoms with van der Waals surface area (Å²) >= 11 is 0. The minimum Gasteiger partial charge on any atom is -0.354 e. The summed E-state index contributed by atoms with van der Waals surface area (Å²) in [6.45, 7) is 2.79. The molecule has 4 rings (SSSR count). The number of halogens is 2. The van der Waals surface area contributed by atoms with Crippen LogP contribution in [0, 0.1) is 0 Å². The average molecular weight is 366 g/mol. The number of hydrogen-bond acceptors (Lipinski definition) is 6. The SMILES string of the molecule is O=C1CC(C(F)F)NC(N2CCN(c3cc(C4CCC4)ncn3)CC2)N1. The normalized spacial score (nSPS) is 28.1. The van der Waals surface area contributed by atoms with Gasteiger partial charge in [-0.15, -0.1) is 0 Å². The van der Waals surface area contributed by atoms with Crippen molar-refractivity contribution in [2.24, 2.45) is 0 Å². The van der Waals surface area contributed by atoms with Crippen molar-refractivity contribution in [1.29, 1.82) is 0 Å². The molecule has 3 aliphatic rings. The molecule has 1 aromatic heterocycles. The smallest absolute Gasteiger partial charge is 0.254 e. The molecular formula is C17H24F2N6O. The summed E-state index contributed by atoms with van der Waals surface area (Å²) in [4.78, 5) is 24.7. The maximum absolute atomic E-state index is 13.0. The number of amides is 1. The van der Waals surface area contributed by atoms with Crippen LogP contribution in [-0.2, 0) is 4.79 Å². The van der Waals surface area contributed by atoms with E-state index in [4.69, 9.17) is 0 Å². The molecule has 1 saturated carbocycles. The lowest BCUT2D eigenvalue weighted by Crippen LogP contribution is -2.67. The summed E-state index contributed by atoms with van der Waals surface area (Å²) in [6.07, 6.45) is 2.03. The maximum Gasteiger partial charge on any atom is 0.254 e. The Morgan fingerprint density at radius 2 is 1.92 bits per heavy atom. The molecular weight excluding hydrogens is 342 g/mol. The quantitative estimate of drug-likeness (QED) is 0.825. The number of piperazine rings is 1. The zero-order valence-corrected chi connectivity index (χ0v) is 14.6. The molecule has 3 fully saturated rings. The summed E-state index contributed by atoms with van der Waals surface area (Å²) in [6, 6.07) is 0.992. The van der Waals surface area contributed by atoms with Crippen LogP contribution in [0.4, 0.5) is 14.6 Å². The van der Waals surface area contributed by atoms with E-state index in [1.54, 1.807) is 6.33 Å². The maximum atomic E-state index is 13.0. The van der Waals surface area contributed by atoms with E-state index in [9.17, 15) is 13.6 Å². The Hall–Kier alpha value is -1.87. The predicted octanol–water partition coefficient (Wildman–Crippen LogP) is 0.893. The number of rotatable bonds is 4. The highest BCUT2D eigenvalue weighted by Gasteiger charge is 2.35. The molecule has 7 nitrogen and oxygen atoms in total. The Bertz CT molecular complexity index is 648. The van der Waals surface area contributed by atoms with Gasteiger partial charge in [0.15, 0.2) is 0 Å². The van der Waals surface area contributed by atoms with Crippen molar-refractivity contribution in [2.45, 2.75) is 50.4 Å². The Morgan fingerprint density at radius 3 is 2.58 bits per heavy atom. The molecule has 26 heavy (non-hydrogen) atoms. The van der Waals surface area contributed by atoms with Gasteiger partial charge in [0.2, 0.25) is 5.91 Å². The molecule has 0 radical (unpaired) electrons. The molecule has 2 unspecified atom stereocenters. The van der Waals surface area contributed by atoms with Gasteiger partial charge >= 0.3 is 0 Å². The second kappa shape index (κ2) is 7.40. The minimum atomic E-state index is -2.55. The lowest BCUT2D eigenvalue weighted by molar-refractivity contribution is -0.129. The molecule has 1 aliphatic carbocycles. The second-order valence-corrected chi connectivity index (χ2v) is 7.23. The zero-order chi connectivity index (χ0) is 18.1. The third-order valence-corrected chi connectivity index (χ3v) is 5.58. The van der Waals surface area contributed by atoms with Crippen LogP contribution in [0.25, 0.3) is 0 Å². The second-order valence-electron chi connectivity index (χ2n) is 7.23. The van der Waals surface area contributed by atoms with Gasteiger partial charge in [0.25, 0.3) is 6.43 Å². The molecule has 0 spiro atoms. The molecule has 0 bridgehead atoms. The Morgan fingerprint density at radius 1 is 1.15 bits per heavy atom. The highest BCUT2D eigenvalue weighted by molar-refractivity contribution is 5.77. The number of anilines is 1. The number of aromatic nitrogens is 2. The third kappa shape index (κ3) is 3.64. The number of carbonyl (C=O) groups excluding carboxylic acids is 1. The van der Waals surface area contributed by atoms with Gasteiger partial charge in [0, 0.05) is 50.3 Å². The van der Waals surface area contributed by atoms with Crippen LogP contribution in [0.3, 0.4) is 0 Å². The molecule has 1 aromatic rings. The Kier molecular flexibility index (Phi) is 4.99. The monoisotopic (exact) mass is 366 g/mol. The number of nitrogens with zero attached hydrogens (tertiary/aromatic N) is 4. The van der Waals surface area contributed by atoms with E-state index in [1.807, 2.05) is 4.90 Å². The van der Waals surface area contributed by atoms with E-state index in [1.165, 1.54) is 19.3 Å². The van der Waals surface area contributed by atoms with Crippen molar-refractivity contribution in [1.82, 2.24) is 25.5 Å². The van der Waals surface area contributed by atoms with Gasteiger partial charge in [-0.2, -0.15) is 0 Å². The average Bonchev–Trinajstić information content (AvgIpc) is 2.60. The fraction of sp³-hybridized carbons (Fsp3) is 0.706. The molecule has 2 aliphatic heterocycles. The molecule has 2 saturated heterocycles. The molecule has 0 aromatic carbocycles. The van der Waals surface area contributed by atoms with Gasteiger partial charge in [-0.3, -0.25) is 15.0 Å². The van der Waals surface area contributed by atoms with Crippen molar-refractivity contribution >= 4 is 11.7 Å². The van der Waals surface area contributed by atoms with Gasteiger partial charge in [-0.25, -0.2) is 18.7 Å². The van der Waals surface area contributed by atoms with Gasteiger partial charge in [0.1, 0.15) is 18.4 Å². The molecule has 1 amide bonds. The zero-order valence-electron chi connectivity index (χ0n) is 14.6. The van der Waals surface area contributed by atoms with E-state index >= 15 is 0 Å². The summed E-state index contributed by atoms with van der Waals surface area (Å²) in [5, 5.41) is 5.61. The number of hydrogen-bond donors (Lipinski definition) is 2. The van der Waals surface area contributed by atoms with Crippen LogP contribution < -0.4 is 15.5 Å². The van der Waals surface area contributed by atoms with Crippen molar-refractivity contribution in [3.05, 3.63) is 18.1 Å². The van der Waals surface area contributed by atoms with E-state index in [0.29, 0.717) is 19.0 Å². The summed E-state index contributed by atoms with van der Waals surface area (Å²) in [5.74, 6) is 1.15. The largest absolute Gasteiger partial charge is 0.354 e.